The van der Waals surface area contributed by atoms with Gasteiger partial charge in [-0.05, 0) is 6.07 Å². The molecule has 14 heavy (non-hydrogen) atoms. The molecule has 0 saturated carbocycles. The molecule has 1 aromatic rings. The lowest BCUT2D eigenvalue weighted by Gasteiger charge is -1.99. The van der Waals surface area contributed by atoms with Gasteiger partial charge in [0, 0.05) is 6.07 Å². The van der Waals surface area contributed by atoms with Crippen molar-refractivity contribution >= 4 is 11.6 Å². The van der Waals surface area contributed by atoms with Crippen molar-refractivity contribution in [3.8, 4) is 0 Å². The van der Waals surface area contributed by atoms with Gasteiger partial charge < -0.3 is 10.4 Å². The third-order valence-electron chi connectivity index (χ3n) is 1.43. The molecular weight excluding hydrogens is 190 g/mol. The molecule has 74 valence electrons. The minimum Gasteiger partial charge on any atom is -0.376 e. The second-order valence-corrected chi connectivity index (χ2v) is 2.32. The number of aliphatic hydroxyl groups excluding tert-OH is 1. The van der Waals surface area contributed by atoms with E-state index in [1.54, 1.807) is 0 Å². The molecule has 0 aromatic carbocycles. The van der Waals surface area contributed by atoms with Gasteiger partial charge in [-0.15, -0.1) is 0 Å². The van der Waals surface area contributed by atoms with Crippen molar-refractivity contribution < 1.29 is 14.8 Å². The van der Waals surface area contributed by atoms with Gasteiger partial charge in [0.05, 0.1) is 4.92 Å². The average molecular weight is 197 g/mol. The number of hydrogen-bond donors (Lipinski definition) is 2. The number of carbonyl (C=O) groups is 1. The Kier molecular flexibility index (Phi) is 3.08. The van der Waals surface area contributed by atoms with Crippen LogP contribution >= 0.6 is 0 Å². The summed E-state index contributed by atoms with van der Waals surface area (Å²) in [6.07, 6.45) is 0.978. The Labute approximate surface area is 78.5 Å². The van der Waals surface area contributed by atoms with E-state index in [-0.39, 0.29) is 11.4 Å². The van der Waals surface area contributed by atoms with Crippen molar-refractivity contribution in [1.29, 1.82) is 0 Å². The fourth-order valence-corrected chi connectivity index (χ4v) is 0.791. The number of pyridine rings is 1. The Hall–Kier alpha value is -2.02. The van der Waals surface area contributed by atoms with Crippen LogP contribution < -0.4 is 5.32 Å². The summed E-state index contributed by atoms with van der Waals surface area (Å²) in [6, 6.07) is 2.38. The first-order chi connectivity index (χ1) is 6.65. The number of amides is 1. The summed E-state index contributed by atoms with van der Waals surface area (Å²) in [4.78, 5) is 24.2. The predicted octanol–water partition coefficient (Wildman–Crippen LogP) is -0.331. The van der Waals surface area contributed by atoms with Crippen LogP contribution in [-0.4, -0.2) is 27.7 Å². The number of rotatable bonds is 3. The smallest absolute Gasteiger partial charge is 0.287 e. The molecule has 0 spiro atoms. The van der Waals surface area contributed by atoms with Crippen LogP contribution in [0.25, 0.3) is 0 Å². The lowest BCUT2D eigenvalue weighted by molar-refractivity contribution is -0.385. The van der Waals surface area contributed by atoms with Crippen LogP contribution in [0.4, 0.5) is 5.69 Å². The lowest BCUT2D eigenvalue weighted by Crippen LogP contribution is -2.24. The van der Waals surface area contributed by atoms with Gasteiger partial charge in [-0.2, -0.15) is 0 Å². The Morgan fingerprint density at radius 1 is 1.64 bits per heavy atom. The highest BCUT2D eigenvalue weighted by molar-refractivity contribution is 5.92. The van der Waals surface area contributed by atoms with Gasteiger partial charge >= 0.3 is 0 Å². The Bertz CT molecular complexity index is 348. The number of aliphatic hydroxyl groups is 1. The molecule has 0 aliphatic heterocycles. The van der Waals surface area contributed by atoms with E-state index in [4.69, 9.17) is 5.11 Å². The van der Waals surface area contributed by atoms with Crippen LogP contribution in [-0.2, 0) is 0 Å². The van der Waals surface area contributed by atoms with Crippen molar-refractivity contribution in [2.45, 2.75) is 0 Å². The van der Waals surface area contributed by atoms with E-state index in [2.05, 4.69) is 10.3 Å². The molecule has 0 aliphatic carbocycles. The third kappa shape index (κ3) is 2.23. The standard InChI is InChI=1S/C7H7N3O4/c11-4-9-7(12)6-2-1-5(3-8-6)10(13)14/h1-3,11H,4H2,(H,9,12). The zero-order valence-corrected chi connectivity index (χ0v) is 7.01. The van der Waals surface area contributed by atoms with Gasteiger partial charge in [0.2, 0.25) is 0 Å². The minimum absolute atomic E-state index is 0.0182. The van der Waals surface area contributed by atoms with Gasteiger partial charge in [-0.25, -0.2) is 4.98 Å². The summed E-state index contributed by atoms with van der Waals surface area (Å²) in [5, 5.41) is 20.7. The largest absolute Gasteiger partial charge is 0.376 e. The molecule has 0 atom stereocenters. The minimum atomic E-state index is -0.610. The number of nitro groups is 1. The number of hydrogen-bond acceptors (Lipinski definition) is 5. The molecule has 0 saturated heterocycles. The van der Waals surface area contributed by atoms with E-state index < -0.39 is 17.6 Å². The average Bonchev–Trinajstić information content (AvgIpc) is 2.18. The topological polar surface area (TPSA) is 105 Å². The number of nitrogens with one attached hydrogen (secondary N) is 1. The molecule has 0 radical (unpaired) electrons. The molecule has 1 amide bonds. The van der Waals surface area contributed by atoms with Crippen LogP contribution in [0.5, 0.6) is 0 Å². The van der Waals surface area contributed by atoms with E-state index in [0.29, 0.717) is 0 Å². The molecule has 2 N–H and O–H groups in total. The van der Waals surface area contributed by atoms with Crippen LogP contribution in [0.2, 0.25) is 0 Å². The van der Waals surface area contributed by atoms with Crippen LogP contribution in [0.15, 0.2) is 18.3 Å². The van der Waals surface area contributed by atoms with Crippen molar-refractivity contribution in [1.82, 2.24) is 10.3 Å². The predicted molar refractivity (Wildman–Crippen MR) is 45.4 cm³/mol. The first-order valence-electron chi connectivity index (χ1n) is 3.64. The van der Waals surface area contributed by atoms with Gasteiger partial charge in [0.25, 0.3) is 11.6 Å². The molecule has 0 aliphatic rings. The van der Waals surface area contributed by atoms with E-state index in [1.807, 2.05) is 0 Å². The summed E-state index contributed by atoms with van der Waals surface area (Å²) in [7, 11) is 0. The molecule has 0 fully saturated rings. The highest BCUT2D eigenvalue weighted by atomic mass is 16.6. The molecule has 7 nitrogen and oxygen atoms in total. The molecule has 0 bridgehead atoms. The van der Waals surface area contributed by atoms with Crippen molar-refractivity contribution in [2.24, 2.45) is 0 Å². The van der Waals surface area contributed by atoms with Crippen molar-refractivity contribution in [3.05, 3.63) is 34.1 Å². The van der Waals surface area contributed by atoms with E-state index in [9.17, 15) is 14.9 Å². The Morgan fingerprint density at radius 3 is 2.79 bits per heavy atom. The zero-order valence-electron chi connectivity index (χ0n) is 7.01. The van der Waals surface area contributed by atoms with Gasteiger partial charge in [0.1, 0.15) is 18.6 Å². The maximum atomic E-state index is 11.0. The molecule has 1 aromatic heterocycles. The summed E-state index contributed by atoms with van der Waals surface area (Å²) >= 11 is 0. The van der Waals surface area contributed by atoms with E-state index >= 15 is 0 Å². The zero-order chi connectivity index (χ0) is 10.6. The quantitative estimate of drug-likeness (QED) is 0.392. The number of carbonyl (C=O) groups excluding carboxylic acids is 1. The second-order valence-electron chi connectivity index (χ2n) is 2.32. The maximum Gasteiger partial charge on any atom is 0.287 e. The molecule has 1 rings (SSSR count). The summed E-state index contributed by atoms with van der Waals surface area (Å²) in [5.74, 6) is -0.581. The molecular formula is C7H7N3O4. The second kappa shape index (κ2) is 4.28. The van der Waals surface area contributed by atoms with Crippen molar-refractivity contribution in [2.75, 3.05) is 6.73 Å². The summed E-state index contributed by atoms with van der Waals surface area (Å²) in [5.41, 5.74) is -0.171. The molecule has 1 heterocycles. The first-order valence-corrected chi connectivity index (χ1v) is 3.64. The monoisotopic (exact) mass is 197 g/mol. The number of nitrogens with zero attached hydrogens (tertiary/aromatic N) is 2. The summed E-state index contributed by atoms with van der Waals surface area (Å²) in [6.45, 7) is -0.502. The molecule has 7 heteroatoms. The van der Waals surface area contributed by atoms with Gasteiger partial charge in [-0.3, -0.25) is 14.9 Å². The maximum absolute atomic E-state index is 11.0. The fraction of sp³-hybridized carbons (Fsp3) is 0.143. The third-order valence-corrected chi connectivity index (χ3v) is 1.43. The summed E-state index contributed by atoms with van der Waals surface area (Å²) < 4.78 is 0. The highest BCUT2D eigenvalue weighted by Gasteiger charge is 2.09. The van der Waals surface area contributed by atoms with Gasteiger partial charge in [-0.1, -0.05) is 0 Å². The molecule has 0 unspecified atom stereocenters. The van der Waals surface area contributed by atoms with Crippen LogP contribution in [0, 0.1) is 10.1 Å². The van der Waals surface area contributed by atoms with Crippen LogP contribution in [0.1, 0.15) is 10.5 Å². The highest BCUT2D eigenvalue weighted by Crippen LogP contribution is 2.08. The van der Waals surface area contributed by atoms with E-state index in [0.717, 1.165) is 6.20 Å². The SMILES string of the molecule is O=C(NCO)c1ccc([N+](=O)[O-])cn1. The van der Waals surface area contributed by atoms with Gasteiger partial charge in [0.15, 0.2) is 0 Å². The Balaban J connectivity index is 2.83. The first kappa shape index (κ1) is 10.1. The van der Waals surface area contributed by atoms with Crippen molar-refractivity contribution in [3.63, 3.8) is 0 Å². The normalized spacial score (nSPS) is 9.50. The van der Waals surface area contributed by atoms with Crippen LogP contribution in [0.3, 0.4) is 0 Å². The lowest BCUT2D eigenvalue weighted by atomic mass is 10.3. The van der Waals surface area contributed by atoms with E-state index in [1.165, 1.54) is 12.1 Å². The Morgan fingerprint density at radius 2 is 2.36 bits per heavy atom. The number of aromatic nitrogens is 1. The fourth-order valence-electron chi connectivity index (χ4n) is 0.791.